The van der Waals surface area contributed by atoms with Crippen LogP contribution in [0.5, 0.6) is 0 Å². The highest BCUT2D eigenvalue weighted by Gasteiger charge is 2.26. The van der Waals surface area contributed by atoms with Crippen molar-refractivity contribution in [3.8, 4) is 11.1 Å². The molecule has 1 aromatic heterocycles. The molecule has 1 amide bonds. The van der Waals surface area contributed by atoms with Crippen LogP contribution in [0.3, 0.4) is 0 Å². The van der Waals surface area contributed by atoms with Crippen LogP contribution in [0.2, 0.25) is 0 Å². The third kappa shape index (κ3) is 4.47. The van der Waals surface area contributed by atoms with Gasteiger partial charge in [0, 0.05) is 49.8 Å². The maximum Gasteiger partial charge on any atom is 0.410 e. The van der Waals surface area contributed by atoms with E-state index in [1.807, 2.05) is 39.2 Å². The third-order valence-electron chi connectivity index (χ3n) is 4.04. The van der Waals surface area contributed by atoms with E-state index in [1.54, 1.807) is 4.90 Å². The maximum atomic E-state index is 12.2. The molecule has 3 rings (SSSR count). The number of ether oxygens (including phenoxy) is 1. The Bertz CT molecular complexity index is 720. The Hall–Kier alpha value is -2.63. The fourth-order valence-corrected chi connectivity index (χ4v) is 2.80. The maximum absolute atomic E-state index is 12.2. The summed E-state index contributed by atoms with van der Waals surface area (Å²) in [5, 5.41) is 0. The predicted octanol–water partition coefficient (Wildman–Crippen LogP) is 3.20. The molecule has 25 heavy (non-hydrogen) atoms. The highest BCUT2D eigenvalue weighted by molar-refractivity contribution is 5.70. The molecular weight excluding hydrogens is 316 g/mol. The molecular formula is C19H24N4O2. The van der Waals surface area contributed by atoms with Crippen molar-refractivity contribution in [3.63, 3.8) is 0 Å². The molecule has 6 nitrogen and oxygen atoms in total. The summed E-state index contributed by atoms with van der Waals surface area (Å²) in [5.74, 6) is 0. The summed E-state index contributed by atoms with van der Waals surface area (Å²) in [7, 11) is 0. The molecule has 1 aliphatic rings. The summed E-state index contributed by atoms with van der Waals surface area (Å²) in [6.45, 7) is 8.56. The van der Waals surface area contributed by atoms with E-state index in [1.165, 1.54) is 6.33 Å². The van der Waals surface area contributed by atoms with Gasteiger partial charge in [-0.05, 0) is 38.5 Å². The van der Waals surface area contributed by atoms with Gasteiger partial charge in [0.2, 0.25) is 0 Å². The molecule has 1 aromatic carbocycles. The Morgan fingerprint density at radius 3 is 2.36 bits per heavy atom. The van der Waals surface area contributed by atoms with Gasteiger partial charge >= 0.3 is 6.09 Å². The molecule has 0 radical (unpaired) electrons. The van der Waals surface area contributed by atoms with Gasteiger partial charge in [0.25, 0.3) is 0 Å². The van der Waals surface area contributed by atoms with Crippen molar-refractivity contribution in [2.75, 3.05) is 31.1 Å². The molecule has 0 spiro atoms. The van der Waals surface area contributed by atoms with E-state index in [0.29, 0.717) is 13.1 Å². The van der Waals surface area contributed by atoms with Gasteiger partial charge in [-0.25, -0.2) is 14.8 Å². The number of piperazine rings is 1. The van der Waals surface area contributed by atoms with Crippen LogP contribution in [-0.4, -0.2) is 52.7 Å². The van der Waals surface area contributed by atoms with E-state index in [2.05, 4.69) is 33.1 Å². The molecule has 1 fully saturated rings. The highest BCUT2D eigenvalue weighted by Crippen LogP contribution is 2.24. The Kier molecular flexibility index (Phi) is 4.88. The van der Waals surface area contributed by atoms with Crippen LogP contribution in [0.15, 0.2) is 43.0 Å². The summed E-state index contributed by atoms with van der Waals surface area (Å²) in [6, 6.07) is 8.33. The van der Waals surface area contributed by atoms with Crippen LogP contribution >= 0.6 is 0 Å². The van der Waals surface area contributed by atoms with E-state index in [4.69, 9.17) is 4.74 Å². The summed E-state index contributed by atoms with van der Waals surface area (Å²) in [5.41, 5.74) is 2.77. The molecule has 132 valence electrons. The zero-order chi connectivity index (χ0) is 17.9. The molecule has 1 saturated heterocycles. The number of rotatable bonds is 2. The molecule has 0 saturated carbocycles. The van der Waals surface area contributed by atoms with Gasteiger partial charge in [0.05, 0.1) is 0 Å². The summed E-state index contributed by atoms with van der Waals surface area (Å²) >= 11 is 0. The topological polar surface area (TPSA) is 58.6 Å². The Morgan fingerprint density at radius 2 is 1.72 bits per heavy atom. The monoisotopic (exact) mass is 340 g/mol. The van der Waals surface area contributed by atoms with Crippen LogP contribution in [0.25, 0.3) is 11.1 Å². The Morgan fingerprint density at radius 1 is 1.04 bits per heavy atom. The number of carbonyl (C=O) groups excluding carboxylic acids is 1. The second-order valence-corrected chi connectivity index (χ2v) is 7.13. The lowest BCUT2D eigenvalue weighted by Crippen LogP contribution is -2.50. The van der Waals surface area contributed by atoms with E-state index >= 15 is 0 Å². The Balaban J connectivity index is 1.65. The van der Waals surface area contributed by atoms with Crippen LogP contribution in [0.1, 0.15) is 20.8 Å². The second-order valence-electron chi connectivity index (χ2n) is 7.13. The van der Waals surface area contributed by atoms with Crippen LogP contribution in [0, 0.1) is 0 Å². The first-order valence-electron chi connectivity index (χ1n) is 8.51. The summed E-state index contributed by atoms with van der Waals surface area (Å²) in [4.78, 5) is 24.4. The van der Waals surface area contributed by atoms with Crippen LogP contribution in [-0.2, 0) is 4.74 Å². The van der Waals surface area contributed by atoms with Gasteiger partial charge in [-0.2, -0.15) is 0 Å². The van der Waals surface area contributed by atoms with E-state index in [9.17, 15) is 4.79 Å². The first-order chi connectivity index (χ1) is 11.9. The van der Waals surface area contributed by atoms with Crippen molar-refractivity contribution >= 4 is 11.8 Å². The zero-order valence-corrected chi connectivity index (χ0v) is 15.0. The largest absolute Gasteiger partial charge is 0.444 e. The second kappa shape index (κ2) is 7.09. The quantitative estimate of drug-likeness (QED) is 0.840. The number of aromatic nitrogens is 2. The third-order valence-corrected chi connectivity index (χ3v) is 4.04. The highest BCUT2D eigenvalue weighted by atomic mass is 16.6. The minimum absolute atomic E-state index is 0.234. The minimum atomic E-state index is -0.458. The molecule has 2 aromatic rings. The van der Waals surface area contributed by atoms with Crippen molar-refractivity contribution in [3.05, 3.63) is 43.0 Å². The number of carbonyl (C=O) groups is 1. The predicted molar refractivity (Wildman–Crippen MR) is 97.5 cm³/mol. The standard InChI is InChI=1S/C19H24N4O2/c1-19(2,3)25-18(24)23-9-7-22(8-10-23)17-6-4-5-15(11-17)16-12-20-14-21-13-16/h4-6,11-14H,7-10H2,1-3H3. The normalized spacial score (nSPS) is 15.2. The fraction of sp³-hybridized carbons (Fsp3) is 0.421. The molecule has 2 heterocycles. The first kappa shape index (κ1) is 17.2. The summed E-state index contributed by atoms with van der Waals surface area (Å²) in [6.07, 6.45) is 4.92. The van der Waals surface area contributed by atoms with E-state index < -0.39 is 5.60 Å². The molecule has 0 unspecified atom stereocenters. The Labute approximate surface area is 148 Å². The first-order valence-corrected chi connectivity index (χ1v) is 8.51. The fourth-order valence-electron chi connectivity index (χ4n) is 2.80. The lowest BCUT2D eigenvalue weighted by Gasteiger charge is -2.36. The zero-order valence-electron chi connectivity index (χ0n) is 15.0. The smallest absolute Gasteiger partial charge is 0.410 e. The van der Waals surface area contributed by atoms with E-state index in [-0.39, 0.29) is 6.09 Å². The van der Waals surface area contributed by atoms with Crippen molar-refractivity contribution in [1.29, 1.82) is 0 Å². The number of benzene rings is 1. The average Bonchev–Trinajstić information content (AvgIpc) is 2.61. The summed E-state index contributed by atoms with van der Waals surface area (Å²) < 4.78 is 5.45. The van der Waals surface area contributed by atoms with Crippen molar-refractivity contribution < 1.29 is 9.53 Å². The van der Waals surface area contributed by atoms with Crippen molar-refractivity contribution in [2.24, 2.45) is 0 Å². The van der Waals surface area contributed by atoms with Crippen molar-refractivity contribution in [1.82, 2.24) is 14.9 Å². The average molecular weight is 340 g/mol. The number of hydrogen-bond acceptors (Lipinski definition) is 5. The number of anilines is 1. The van der Waals surface area contributed by atoms with Gasteiger partial charge in [0.1, 0.15) is 11.9 Å². The van der Waals surface area contributed by atoms with Gasteiger partial charge in [-0.15, -0.1) is 0 Å². The molecule has 0 aliphatic carbocycles. The van der Waals surface area contributed by atoms with Gasteiger partial charge in [0.15, 0.2) is 0 Å². The SMILES string of the molecule is CC(C)(C)OC(=O)N1CCN(c2cccc(-c3cncnc3)c2)CC1. The molecule has 0 bridgehead atoms. The van der Waals surface area contributed by atoms with E-state index in [0.717, 1.165) is 29.9 Å². The van der Waals surface area contributed by atoms with Gasteiger partial charge < -0.3 is 14.5 Å². The van der Waals surface area contributed by atoms with Gasteiger partial charge in [-0.3, -0.25) is 0 Å². The number of hydrogen-bond donors (Lipinski definition) is 0. The lowest BCUT2D eigenvalue weighted by molar-refractivity contribution is 0.0240. The number of nitrogens with zero attached hydrogens (tertiary/aromatic N) is 4. The van der Waals surface area contributed by atoms with Crippen LogP contribution in [0.4, 0.5) is 10.5 Å². The van der Waals surface area contributed by atoms with Crippen LogP contribution < -0.4 is 4.90 Å². The van der Waals surface area contributed by atoms with Crippen molar-refractivity contribution in [2.45, 2.75) is 26.4 Å². The molecule has 0 N–H and O–H groups in total. The number of amides is 1. The molecule has 0 atom stereocenters. The lowest BCUT2D eigenvalue weighted by atomic mass is 10.1. The minimum Gasteiger partial charge on any atom is -0.444 e. The van der Waals surface area contributed by atoms with Gasteiger partial charge in [-0.1, -0.05) is 12.1 Å². The molecule has 1 aliphatic heterocycles. The molecule has 6 heteroatoms.